The van der Waals surface area contributed by atoms with Gasteiger partial charge in [-0.15, -0.1) is 12.4 Å². The van der Waals surface area contributed by atoms with Gasteiger partial charge in [-0.3, -0.25) is 4.90 Å². The Kier molecular flexibility index (Phi) is 6.79. The van der Waals surface area contributed by atoms with E-state index in [1.54, 1.807) is 0 Å². The molecule has 2 nitrogen and oxygen atoms in total. The number of nitrogens with one attached hydrogen (secondary N) is 1. The lowest BCUT2D eigenvalue weighted by Gasteiger charge is -2.35. The summed E-state index contributed by atoms with van der Waals surface area (Å²) in [6.45, 7) is 5.27. The molecule has 0 spiro atoms. The van der Waals surface area contributed by atoms with E-state index in [1.165, 1.54) is 0 Å². The van der Waals surface area contributed by atoms with Crippen molar-refractivity contribution < 1.29 is 13.2 Å². The van der Waals surface area contributed by atoms with E-state index >= 15 is 0 Å². The summed E-state index contributed by atoms with van der Waals surface area (Å²) in [6.07, 6.45) is 1.61. The molecule has 114 valence electrons. The van der Waals surface area contributed by atoms with E-state index in [1.807, 2.05) is 6.92 Å². The number of hydrogen-bond acceptors (Lipinski definition) is 2. The fourth-order valence-electron chi connectivity index (χ4n) is 2.60. The van der Waals surface area contributed by atoms with Crippen LogP contribution in [0.2, 0.25) is 0 Å². The number of rotatable bonds is 4. The van der Waals surface area contributed by atoms with Crippen LogP contribution in [0, 0.1) is 17.5 Å². The Balaban J connectivity index is 0.00000200. The summed E-state index contributed by atoms with van der Waals surface area (Å²) in [4.78, 5) is 2.13. The Morgan fingerprint density at radius 3 is 2.30 bits per heavy atom. The summed E-state index contributed by atoms with van der Waals surface area (Å²) in [5.74, 6) is -2.76. The largest absolute Gasteiger partial charge is 0.314 e. The summed E-state index contributed by atoms with van der Waals surface area (Å²) in [6, 6.07) is 1.48. The molecule has 2 rings (SSSR count). The average molecular weight is 309 g/mol. The van der Waals surface area contributed by atoms with E-state index in [4.69, 9.17) is 0 Å². The van der Waals surface area contributed by atoms with Gasteiger partial charge in [0.1, 0.15) is 5.82 Å². The fraction of sp³-hybridized carbons (Fsp3) is 0.571. The van der Waals surface area contributed by atoms with E-state index in [-0.39, 0.29) is 24.0 Å². The van der Waals surface area contributed by atoms with Crippen molar-refractivity contribution in [1.29, 1.82) is 0 Å². The van der Waals surface area contributed by atoms with Crippen LogP contribution in [0.15, 0.2) is 12.1 Å². The maximum absolute atomic E-state index is 13.9. The third-order valence-electron chi connectivity index (χ3n) is 3.55. The molecule has 1 aromatic rings. The standard InChI is InChI=1S/C14H19F3N2.ClH/c1-2-3-14(19-6-4-18-5-7-19)10-8-12(16)13(17)9-11(10)15;/h8-9,14,18H,2-7H2,1H3;1H/t14-;/m0./s1. The van der Waals surface area contributed by atoms with E-state index in [2.05, 4.69) is 10.2 Å². The van der Waals surface area contributed by atoms with E-state index < -0.39 is 17.5 Å². The Labute approximate surface area is 123 Å². The molecule has 1 aliphatic rings. The van der Waals surface area contributed by atoms with E-state index in [9.17, 15) is 13.2 Å². The van der Waals surface area contributed by atoms with Crippen LogP contribution >= 0.6 is 12.4 Å². The molecule has 0 aliphatic carbocycles. The number of benzene rings is 1. The minimum atomic E-state index is -1.13. The second-order valence-corrected chi connectivity index (χ2v) is 4.88. The summed E-state index contributed by atoms with van der Waals surface area (Å²) >= 11 is 0. The molecule has 1 saturated heterocycles. The first-order chi connectivity index (χ1) is 9.13. The van der Waals surface area contributed by atoms with E-state index in [0.29, 0.717) is 6.07 Å². The quantitative estimate of drug-likeness (QED) is 0.859. The van der Waals surface area contributed by atoms with Crippen LogP contribution in [-0.4, -0.2) is 31.1 Å². The van der Waals surface area contributed by atoms with Gasteiger partial charge in [-0.2, -0.15) is 0 Å². The summed E-state index contributed by atoms with van der Waals surface area (Å²) in [5.41, 5.74) is 0.266. The molecule has 1 heterocycles. The summed E-state index contributed by atoms with van der Waals surface area (Å²) in [7, 11) is 0. The lowest BCUT2D eigenvalue weighted by atomic mass is 9.99. The van der Waals surface area contributed by atoms with Gasteiger partial charge in [-0.1, -0.05) is 13.3 Å². The zero-order chi connectivity index (χ0) is 13.8. The highest BCUT2D eigenvalue weighted by Crippen LogP contribution is 2.29. The second kappa shape index (κ2) is 7.86. The van der Waals surface area contributed by atoms with Crippen molar-refractivity contribution in [1.82, 2.24) is 10.2 Å². The minimum absolute atomic E-state index is 0. The third-order valence-corrected chi connectivity index (χ3v) is 3.55. The van der Waals surface area contributed by atoms with Crippen LogP contribution in [0.5, 0.6) is 0 Å². The summed E-state index contributed by atoms with van der Waals surface area (Å²) in [5, 5.41) is 3.23. The molecule has 0 unspecified atom stereocenters. The number of hydrogen-bond donors (Lipinski definition) is 1. The molecule has 6 heteroatoms. The Morgan fingerprint density at radius 2 is 1.70 bits per heavy atom. The minimum Gasteiger partial charge on any atom is -0.314 e. The van der Waals surface area contributed by atoms with Crippen LogP contribution in [-0.2, 0) is 0 Å². The molecule has 1 fully saturated rings. The first kappa shape index (κ1) is 17.3. The van der Waals surface area contributed by atoms with Gasteiger partial charge < -0.3 is 5.32 Å². The molecule has 0 saturated carbocycles. The number of halogens is 4. The highest BCUT2D eigenvalue weighted by atomic mass is 35.5. The van der Waals surface area contributed by atoms with Gasteiger partial charge in [0.15, 0.2) is 11.6 Å². The Bertz CT molecular complexity index is 437. The number of nitrogens with zero attached hydrogens (tertiary/aromatic N) is 1. The van der Waals surface area contributed by atoms with Crippen molar-refractivity contribution in [2.24, 2.45) is 0 Å². The first-order valence-corrected chi connectivity index (χ1v) is 6.72. The van der Waals surface area contributed by atoms with Crippen LogP contribution < -0.4 is 5.32 Å². The van der Waals surface area contributed by atoms with Crippen molar-refractivity contribution in [2.45, 2.75) is 25.8 Å². The highest BCUT2D eigenvalue weighted by Gasteiger charge is 2.25. The van der Waals surface area contributed by atoms with Crippen LogP contribution in [0.4, 0.5) is 13.2 Å². The van der Waals surface area contributed by atoms with Gasteiger partial charge in [-0.05, 0) is 12.5 Å². The molecule has 1 atom stereocenters. The molecule has 0 bridgehead atoms. The van der Waals surface area contributed by atoms with Crippen molar-refractivity contribution in [2.75, 3.05) is 26.2 Å². The van der Waals surface area contributed by atoms with Gasteiger partial charge in [0.25, 0.3) is 0 Å². The molecular weight excluding hydrogens is 289 g/mol. The van der Waals surface area contributed by atoms with Gasteiger partial charge in [0.2, 0.25) is 0 Å². The normalized spacial score (nSPS) is 17.6. The molecule has 0 aromatic heterocycles. The van der Waals surface area contributed by atoms with Crippen LogP contribution in [0.3, 0.4) is 0 Å². The fourth-order valence-corrected chi connectivity index (χ4v) is 2.60. The van der Waals surface area contributed by atoms with Crippen molar-refractivity contribution in [3.8, 4) is 0 Å². The third kappa shape index (κ3) is 3.87. The van der Waals surface area contributed by atoms with Crippen LogP contribution in [0.25, 0.3) is 0 Å². The molecule has 0 amide bonds. The van der Waals surface area contributed by atoms with Gasteiger partial charge in [0, 0.05) is 43.9 Å². The maximum atomic E-state index is 13.9. The predicted octanol–water partition coefficient (Wildman–Crippen LogP) is 3.27. The maximum Gasteiger partial charge on any atom is 0.161 e. The topological polar surface area (TPSA) is 15.3 Å². The molecule has 1 aromatic carbocycles. The van der Waals surface area contributed by atoms with Gasteiger partial charge in [0.05, 0.1) is 0 Å². The molecular formula is C14H20ClF3N2. The Hall–Kier alpha value is -0.780. The monoisotopic (exact) mass is 308 g/mol. The first-order valence-electron chi connectivity index (χ1n) is 6.72. The number of piperazine rings is 1. The molecule has 20 heavy (non-hydrogen) atoms. The molecule has 0 radical (unpaired) electrons. The van der Waals surface area contributed by atoms with Crippen molar-refractivity contribution in [3.63, 3.8) is 0 Å². The van der Waals surface area contributed by atoms with Crippen LogP contribution in [0.1, 0.15) is 31.4 Å². The zero-order valence-electron chi connectivity index (χ0n) is 11.5. The lowest BCUT2D eigenvalue weighted by molar-refractivity contribution is 0.161. The van der Waals surface area contributed by atoms with Crippen molar-refractivity contribution >= 4 is 12.4 Å². The SMILES string of the molecule is CCC[C@@H](c1cc(F)c(F)cc1F)N1CCNCC1.Cl. The zero-order valence-corrected chi connectivity index (χ0v) is 12.3. The Morgan fingerprint density at radius 1 is 1.10 bits per heavy atom. The lowest BCUT2D eigenvalue weighted by Crippen LogP contribution is -2.45. The smallest absolute Gasteiger partial charge is 0.161 e. The molecule has 1 N–H and O–H groups in total. The van der Waals surface area contributed by atoms with Gasteiger partial charge >= 0.3 is 0 Å². The predicted molar refractivity (Wildman–Crippen MR) is 75.7 cm³/mol. The summed E-state index contributed by atoms with van der Waals surface area (Å²) < 4.78 is 40.3. The molecule has 1 aliphatic heterocycles. The average Bonchev–Trinajstić information content (AvgIpc) is 2.42. The van der Waals surface area contributed by atoms with Gasteiger partial charge in [-0.25, -0.2) is 13.2 Å². The second-order valence-electron chi connectivity index (χ2n) is 4.88. The highest BCUT2D eigenvalue weighted by molar-refractivity contribution is 5.85. The van der Waals surface area contributed by atoms with E-state index in [0.717, 1.165) is 45.1 Å². The van der Waals surface area contributed by atoms with Crippen molar-refractivity contribution in [3.05, 3.63) is 35.1 Å².